The van der Waals surface area contributed by atoms with Crippen LogP contribution in [0.5, 0.6) is 0 Å². The van der Waals surface area contributed by atoms with Crippen LogP contribution in [0.1, 0.15) is 12.7 Å². The number of nitrogens with one attached hydrogen (secondary N) is 1. The fourth-order valence-corrected chi connectivity index (χ4v) is 3.28. The van der Waals surface area contributed by atoms with Gasteiger partial charge in [0.25, 0.3) is 0 Å². The van der Waals surface area contributed by atoms with E-state index < -0.39 is 0 Å². The molecule has 1 saturated heterocycles. The summed E-state index contributed by atoms with van der Waals surface area (Å²) < 4.78 is 6.74. The van der Waals surface area contributed by atoms with Crippen molar-refractivity contribution in [3.8, 4) is 0 Å². The molecule has 0 aliphatic carbocycles. The number of amides is 1. The molecule has 134 valence electrons. The number of aryl methyl sites for hydroxylation is 1. The van der Waals surface area contributed by atoms with E-state index in [1.807, 2.05) is 31.2 Å². The standard InChI is InChI=1S/C16H22N6O2S/c1-11(25-16-20-19-12(2)22(16)17)15(23)18-13-3-5-14(6-4-13)21-7-9-24-10-8-21/h3-6,11H,7-10,17H2,1-2H3,(H,18,23)/t11-/m0/s1. The Morgan fingerprint density at radius 3 is 2.56 bits per heavy atom. The van der Waals surface area contributed by atoms with Crippen LogP contribution in [0.25, 0.3) is 0 Å². The second-order valence-electron chi connectivity index (χ2n) is 5.80. The van der Waals surface area contributed by atoms with Crippen molar-refractivity contribution in [1.82, 2.24) is 14.9 Å². The molecule has 0 bridgehead atoms. The molecule has 0 radical (unpaired) electrons. The summed E-state index contributed by atoms with van der Waals surface area (Å²) in [5.41, 5.74) is 1.90. The molecular weight excluding hydrogens is 340 g/mol. The first kappa shape index (κ1) is 17.6. The maximum atomic E-state index is 12.4. The minimum atomic E-state index is -0.343. The molecule has 25 heavy (non-hydrogen) atoms. The largest absolute Gasteiger partial charge is 0.378 e. The topological polar surface area (TPSA) is 98.3 Å². The summed E-state index contributed by atoms with van der Waals surface area (Å²) in [5, 5.41) is 10.9. The van der Waals surface area contributed by atoms with Gasteiger partial charge in [-0.3, -0.25) is 4.79 Å². The SMILES string of the molecule is Cc1nnc(S[C@@H](C)C(=O)Nc2ccc(N3CCOCC3)cc2)n1N. The Labute approximate surface area is 150 Å². The third-order valence-corrected chi connectivity index (χ3v) is 5.05. The van der Waals surface area contributed by atoms with Crippen LogP contribution in [0.4, 0.5) is 11.4 Å². The number of thioether (sulfide) groups is 1. The lowest BCUT2D eigenvalue weighted by Crippen LogP contribution is -2.36. The number of nitrogens with zero attached hydrogens (tertiary/aromatic N) is 4. The van der Waals surface area contributed by atoms with Crippen molar-refractivity contribution < 1.29 is 9.53 Å². The van der Waals surface area contributed by atoms with Gasteiger partial charge in [0.05, 0.1) is 18.5 Å². The van der Waals surface area contributed by atoms with Crippen LogP contribution in [0.2, 0.25) is 0 Å². The molecule has 3 N–H and O–H groups in total. The zero-order valence-corrected chi connectivity index (χ0v) is 15.1. The number of anilines is 2. The lowest BCUT2D eigenvalue weighted by molar-refractivity contribution is -0.115. The van der Waals surface area contributed by atoms with E-state index in [0.717, 1.165) is 37.7 Å². The zero-order valence-electron chi connectivity index (χ0n) is 14.3. The van der Waals surface area contributed by atoms with Crippen LogP contribution in [0.3, 0.4) is 0 Å². The predicted molar refractivity (Wildman–Crippen MR) is 98.3 cm³/mol. The summed E-state index contributed by atoms with van der Waals surface area (Å²) in [4.78, 5) is 14.6. The van der Waals surface area contributed by atoms with Crippen molar-refractivity contribution >= 4 is 29.0 Å². The first-order valence-electron chi connectivity index (χ1n) is 8.12. The van der Waals surface area contributed by atoms with Crippen LogP contribution in [0.15, 0.2) is 29.4 Å². The highest BCUT2D eigenvalue weighted by Crippen LogP contribution is 2.23. The molecule has 8 nitrogen and oxygen atoms in total. The molecule has 9 heteroatoms. The van der Waals surface area contributed by atoms with Gasteiger partial charge in [-0.05, 0) is 38.1 Å². The fourth-order valence-electron chi connectivity index (χ4n) is 2.46. The van der Waals surface area contributed by atoms with Crippen molar-refractivity contribution in [3.05, 3.63) is 30.1 Å². The van der Waals surface area contributed by atoms with Gasteiger partial charge in [0.15, 0.2) is 0 Å². The monoisotopic (exact) mass is 362 g/mol. The van der Waals surface area contributed by atoms with E-state index >= 15 is 0 Å². The van der Waals surface area contributed by atoms with Gasteiger partial charge in [-0.25, -0.2) is 4.68 Å². The lowest BCUT2D eigenvalue weighted by Gasteiger charge is -2.28. The number of morpholine rings is 1. The number of aromatic nitrogens is 3. The zero-order chi connectivity index (χ0) is 17.8. The number of nitrogen functional groups attached to an aromatic ring is 1. The Balaban J connectivity index is 1.57. The minimum absolute atomic E-state index is 0.107. The molecule has 3 rings (SSSR count). The molecule has 2 heterocycles. The number of nitrogens with two attached hydrogens (primary N) is 1. The first-order chi connectivity index (χ1) is 12.0. The highest BCUT2D eigenvalue weighted by molar-refractivity contribution is 8.00. The van der Waals surface area contributed by atoms with Crippen molar-refractivity contribution in [2.45, 2.75) is 24.3 Å². The summed E-state index contributed by atoms with van der Waals surface area (Å²) in [6, 6.07) is 7.85. The molecule has 1 aliphatic rings. The summed E-state index contributed by atoms with van der Waals surface area (Å²) in [5.74, 6) is 6.32. The fraction of sp³-hybridized carbons (Fsp3) is 0.438. The molecule has 0 unspecified atom stereocenters. The van der Waals surface area contributed by atoms with Gasteiger partial charge in [0.1, 0.15) is 5.82 Å². The van der Waals surface area contributed by atoms with E-state index in [4.69, 9.17) is 10.6 Å². The Kier molecular flexibility index (Phi) is 5.44. The smallest absolute Gasteiger partial charge is 0.237 e. The quantitative estimate of drug-likeness (QED) is 0.610. The first-order valence-corrected chi connectivity index (χ1v) is 9.00. The average molecular weight is 362 g/mol. The number of hydrogen-bond donors (Lipinski definition) is 2. The summed E-state index contributed by atoms with van der Waals surface area (Å²) >= 11 is 1.27. The Morgan fingerprint density at radius 2 is 1.96 bits per heavy atom. The number of benzene rings is 1. The van der Waals surface area contributed by atoms with Gasteiger partial charge in [0.2, 0.25) is 11.1 Å². The highest BCUT2D eigenvalue weighted by Gasteiger charge is 2.19. The van der Waals surface area contributed by atoms with Crippen molar-refractivity contribution in [2.75, 3.05) is 42.4 Å². The molecule has 2 aromatic rings. The Bertz CT molecular complexity index is 727. The average Bonchev–Trinajstić information content (AvgIpc) is 2.95. The van der Waals surface area contributed by atoms with Gasteiger partial charge >= 0.3 is 0 Å². The van der Waals surface area contributed by atoms with E-state index in [0.29, 0.717) is 11.0 Å². The number of ether oxygens (including phenoxy) is 1. The molecule has 1 atom stereocenters. The van der Waals surface area contributed by atoms with Gasteiger partial charge in [-0.15, -0.1) is 10.2 Å². The van der Waals surface area contributed by atoms with Crippen LogP contribution in [0, 0.1) is 6.92 Å². The van der Waals surface area contributed by atoms with E-state index in [1.165, 1.54) is 16.4 Å². The van der Waals surface area contributed by atoms with Crippen molar-refractivity contribution in [1.29, 1.82) is 0 Å². The number of rotatable bonds is 5. The predicted octanol–water partition coefficient (Wildman–Crippen LogP) is 1.26. The Morgan fingerprint density at radius 1 is 1.28 bits per heavy atom. The maximum Gasteiger partial charge on any atom is 0.237 e. The molecule has 1 aromatic heterocycles. The van der Waals surface area contributed by atoms with Crippen LogP contribution in [-0.4, -0.2) is 52.3 Å². The number of hydrogen-bond acceptors (Lipinski definition) is 7. The molecule has 0 spiro atoms. The van der Waals surface area contributed by atoms with E-state index in [-0.39, 0.29) is 11.2 Å². The van der Waals surface area contributed by atoms with E-state index in [1.54, 1.807) is 6.92 Å². The maximum absolute atomic E-state index is 12.4. The molecule has 1 aromatic carbocycles. The van der Waals surface area contributed by atoms with E-state index in [2.05, 4.69) is 20.4 Å². The van der Waals surface area contributed by atoms with Gasteiger partial charge < -0.3 is 20.8 Å². The second kappa shape index (κ2) is 7.75. The summed E-state index contributed by atoms with van der Waals surface area (Å²) in [6.45, 7) is 6.85. The second-order valence-corrected chi connectivity index (χ2v) is 7.10. The highest BCUT2D eigenvalue weighted by atomic mass is 32.2. The summed E-state index contributed by atoms with van der Waals surface area (Å²) in [6.07, 6.45) is 0. The molecule has 0 saturated carbocycles. The molecular formula is C16H22N6O2S. The van der Waals surface area contributed by atoms with Crippen molar-refractivity contribution in [3.63, 3.8) is 0 Å². The number of carbonyl (C=O) groups is 1. The van der Waals surface area contributed by atoms with Gasteiger partial charge in [0, 0.05) is 24.5 Å². The minimum Gasteiger partial charge on any atom is -0.378 e. The Hall–Kier alpha value is -2.26. The van der Waals surface area contributed by atoms with Crippen LogP contribution in [-0.2, 0) is 9.53 Å². The summed E-state index contributed by atoms with van der Waals surface area (Å²) in [7, 11) is 0. The molecule has 1 fully saturated rings. The van der Waals surface area contributed by atoms with Crippen LogP contribution >= 0.6 is 11.8 Å². The molecule has 1 amide bonds. The third kappa shape index (κ3) is 4.23. The van der Waals surface area contributed by atoms with E-state index in [9.17, 15) is 4.79 Å². The normalized spacial score (nSPS) is 15.8. The van der Waals surface area contributed by atoms with Gasteiger partial charge in [-0.2, -0.15) is 0 Å². The van der Waals surface area contributed by atoms with Gasteiger partial charge in [-0.1, -0.05) is 11.8 Å². The van der Waals surface area contributed by atoms with Crippen LogP contribution < -0.4 is 16.1 Å². The molecule has 1 aliphatic heterocycles. The van der Waals surface area contributed by atoms with Crippen molar-refractivity contribution in [2.24, 2.45) is 0 Å². The third-order valence-electron chi connectivity index (χ3n) is 4.00. The lowest BCUT2D eigenvalue weighted by atomic mass is 10.2. The number of carbonyl (C=O) groups excluding carboxylic acids is 1.